The van der Waals surface area contributed by atoms with Gasteiger partial charge in [-0.2, -0.15) is 0 Å². The van der Waals surface area contributed by atoms with Gasteiger partial charge in [-0.05, 0) is 42.9 Å². The standard InChI is InChI=1S/C18H27NO3/c1-14(13-21-2)18(20)19-9-7-15(8-10-19)11-16-5-4-6-17(12-16)22-3/h4-6,12,14-15H,7-11,13H2,1-3H3/t14-/m1/s1. The second-order valence-electron chi connectivity index (χ2n) is 6.18. The van der Waals surface area contributed by atoms with Gasteiger partial charge in [0.15, 0.2) is 0 Å². The highest BCUT2D eigenvalue weighted by Crippen LogP contribution is 2.24. The summed E-state index contributed by atoms with van der Waals surface area (Å²) in [6, 6.07) is 8.28. The van der Waals surface area contributed by atoms with E-state index in [0.717, 1.165) is 38.1 Å². The molecule has 1 aromatic rings. The summed E-state index contributed by atoms with van der Waals surface area (Å²) in [6.07, 6.45) is 3.21. The highest BCUT2D eigenvalue weighted by atomic mass is 16.5. The summed E-state index contributed by atoms with van der Waals surface area (Å²) in [5.74, 6) is 1.74. The molecule has 1 aliphatic rings. The fraction of sp³-hybridized carbons (Fsp3) is 0.611. The van der Waals surface area contributed by atoms with E-state index in [-0.39, 0.29) is 11.8 Å². The third kappa shape index (κ3) is 4.47. The minimum atomic E-state index is -0.0417. The van der Waals surface area contributed by atoms with Gasteiger partial charge in [0.1, 0.15) is 5.75 Å². The second-order valence-corrected chi connectivity index (χ2v) is 6.18. The summed E-state index contributed by atoms with van der Waals surface area (Å²) in [6.45, 7) is 4.17. The Morgan fingerprint density at radius 3 is 2.68 bits per heavy atom. The lowest BCUT2D eigenvalue weighted by atomic mass is 9.89. The molecule has 1 aliphatic heterocycles. The first-order valence-corrected chi connectivity index (χ1v) is 8.04. The lowest BCUT2D eigenvalue weighted by Gasteiger charge is -2.33. The minimum Gasteiger partial charge on any atom is -0.497 e. The Bertz CT molecular complexity index is 481. The summed E-state index contributed by atoms with van der Waals surface area (Å²) in [7, 11) is 3.34. The molecule has 0 aliphatic carbocycles. The molecule has 1 amide bonds. The number of hydrogen-bond donors (Lipinski definition) is 0. The molecule has 1 aromatic carbocycles. The van der Waals surface area contributed by atoms with E-state index < -0.39 is 0 Å². The van der Waals surface area contributed by atoms with Crippen LogP contribution in [0.4, 0.5) is 0 Å². The van der Waals surface area contributed by atoms with E-state index in [4.69, 9.17) is 9.47 Å². The van der Waals surface area contributed by atoms with Crippen LogP contribution in [0.15, 0.2) is 24.3 Å². The lowest BCUT2D eigenvalue weighted by Crippen LogP contribution is -2.42. The number of carbonyl (C=O) groups excluding carboxylic acids is 1. The van der Waals surface area contributed by atoms with Crippen molar-refractivity contribution >= 4 is 5.91 Å². The van der Waals surface area contributed by atoms with Crippen molar-refractivity contribution in [1.82, 2.24) is 4.90 Å². The van der Waals surface area contributed by atoms with Crippen LogP contribution in [0.2, 0.25) is 0 Å². The lowest BCUT2D eigenvalue weighted by molar-refractivity contribution is -0.138. The first-order chi connectivity index (χ1) is 10.6. The first kappa shape index (κ1) is 16.8. The van der Waals surface area contributed by atoms with Crippen LogP contribution < -0.4 is 4.74 Å². The Kier molecular flexibility index (Phi) is 6.25. The molecule has 0 aromatic heterocycles. The number of rotatable bonds is 6. The van der Waals surface area contributed by atoms with Gasteiger partial charge in [-0.25, -0.2) is 0 Å². The maximum Gasteiger partial charge on any atom is 0.227 e. The first-order valence-electron chi connectivity index (χ1n) is 8.04. The number of carbonyl (C=O) groups is 1. The molecule has 4 heteroatoms. The largest absolute Gasteiger partial charge is 0.497 e. The molecular weight excluding hydrogens is 278 g/mol. The molecule has 1 heterocycles. The normalized spacial score (nSPS) is 17.3. The molecule has 0 bridgehead atoms. The number of ether oxygens (including phenoxy) is 2. The molecule has 4 nitrogen and oxygen atoms in total. The number of nitrogens with zero attached hydrogens (tertiary/aromatic N) is 1. The molecule has 0 spiro atoms. The van der Waals surface area contributed by atoms with Gasteiger partial charge in [-0.1, -0.05) is 19.1 Å². The Labute approximate surface area is 133 Å². The average Bonchev–Trinajstić information content (AvgIpc) is 2.55. The van der Waals surface area contributed by atoms with Gasteiger partial charge in [-0.15, -0.1) is 0 Å². The third-order valence-electron chi connectivity index (χ3n) is 4.42. The SMILES string of the molecule is COC[C@@H](C)C(=O)N1CCC(Cc2cccc(OC)c2)CC1. The monoisotopic (exact) mass is 305 g/mol. The fourth-order valence-corrected chi connectivity index (χ4v) is 3.12. The predicted molar refractivity (Wildman–Crippen MR) is 87.0 cm³/mol. The van der Waals surface area contributed by atoms with Crippen LogP contribution in [-0.4, -0.2) is 44.7 Å². The van der Waals surface area contributed by atoms with Gasteiger partial charge in [0.05, 0.1) is 19.6 Å². The van der Waals surface area contributed by atoms with Gasteiger partial charge in [-0.3, -0.25) is 4.79 Å². The maximum atomic E-state index is 12.3. The summed E-state index contributed by atoms with van der Waals surface area (Å²) < 4.78 is 10.4. The number of hydrogen-bond acceptors (Lipinski definition) is 3. The van der Waals surface area contributed by atoms with E-state index in [9.17, 15) is 4.79 Å². The smallest absolute Gasteiger partial charge is 0.227 e. The van der Waals surface area contributed by atoms with Gasteiger partial charge < -0.3 is 14.4 Å². The highest BCUT2D eigenvalue weighted by molar-refractivity contribution is 5.78. The van der Waals surface area contributed by atoms with Gasteiger partial charge in [0.25, 0.3) is 0 Å². The van der Waals surface area contributed by atoms with Crippen LogP contribution in [0.1, 0.15) is 25.3 Å². The molecule has 0 N–H and O–H groups in total. The zero-order valence-electron chi connectivity index (χ0n) is 13.9. The molecule has 1 atom stereocenters. The highest BCUT2D eigenvalue weighted by Gasteiger charge is 2.26. The minimum absolute atomic E-state index is 0.0417. The molecule has 1 fully saturated rings. The summed E-state index contributed by atoms with van der Waals surface area (Å²) in [4.78, 5) is 14.3. The Hall–Kier alpha value is -1.55. The molecule has 0 radical (unpaired) electrons. The summed E-state index contributed by atoms with van der Waals surface area (Å²) in [5.41, 5.74) is 1.32. The van der Waals surface area contributed by atoms with Crippen LogP contribution in [-0.2, 0) is 16.0 Å². The van der Waals surface area contributed by atoms with E-state index in [1.165, 1.54) is 5.56 Å². The van der Waals surface area contributed by atoms with Crippen molar-refractivity contribution in [2.75, 3.05) is 33.9 Å². The predicted octanol–water partition coefficient (Wildman–Crippen LogP) is 2.76. The second kappa shape index (κ2) is 8.18. The maximum absolute atomic E-state index is 12.3. The molecule has 22 heavy (non-hydrogen) atoms. The Morgan fingerprint density at radius 1 is 1.32 bits per heavy atom. The fourth-order valence-electron chi connectivity index (χ4n) is 3.12. The number of piperidine rings is 1. The topological polar surface area (TPSA) is 38.8 Å². The van der Waals surface area contributed by atoms with Gasteiger partial charge in [0, 0.05) is 20.2 Å². The van der Waals surface area contributed by atoms with Crippen LogP contribution in [0.25, 0.3) is 0 Å². The van der Waals surface area contributed by atoms with Crippen molar-refractivity contribution in [3.63, 3.8) is 0 Å². The summed E-state index contributed by atoms with van der Waals surface area (Å²) in [5, 5.41) is 0. The van der Waals surface area contributed by atoms with Crippen molar-refractivity contribution in [2.24, 2.45) is 11.8 Å². The zero-order valence-corrected chi connectivity index (χ0v) is 13.9. The van der Waals surface area contributed by atoms with Crippen molar-refractivity contribution in [1.29, 1.82) is 0 Å². The van der Waals surface area contributed by atoms with E-state index in [1.54, 1.807) is 14.2 Å². The quantitative estimate of drug-likeness (QED) is 0.811. The summed E-state index contributed by atoms with van der Waals surface area (Å²) >= 11 is 0. The Balaban J connectivity index is 1.83. The van der Waals surface area contributed by atoms with E-state index >= 15 is 0 Å². The number of amides is 1. The number of methoxy groups -OCH3 is 2. The molecular formula is C18H27NO3. The van der Waals surface area contributed by atoms with Crippen molar-refractivity contribution in [3.8, 4) is 5.75 Å². The van der Waals surface area contributed by atoms with Crippen molar-refractivity contribution in [3.05, 3.63) is 29.8 Å². The van der Waals surface area contributed by atoms with Crippen LogP contribution in [0.3, 0.4) is 0 Å². The van der Waals surface area contributed by atoms with Crippen LogP contribution in [0.5, 0.6) is 5.75 Å². The van der Waals surface area contributed by atoms with Crippen molar-refractivity contribution < 1.29 is 14.3 Å². The van der Waals surface area contributed by atoms with Gasteiger partial charge in [0.2, 0.25) is 5.91 Å². The number of likely N-dealkylation sites (tertiary alicyclic amines) is 1. The molecule has 0 saturated carbocycles. The molecule has 1 saturated heterocycles. The zero-order chi connectivity index (χ0) is 15.9. The van der Waals surface area contributed by atoms with Crippen molar-refractivity contribution in [2.45, 2.75) is 26.2 Å². The van der Waals surface area contributed by atoms with E-state index in [1.807, 2.05) is 24.0 Å². The Morgan fingerprint density at radius 2 is 2.05 bits per heavy atom. The average molecular weight is 305 g/mol. The number of benzene rings is 1. The molecule has 0 unspecified atom stereocenters. The van der Waals surface area contributed by atoms with E-state index in [0.29, 0.717) is 12.5 Å². The van der Waals surface area contributed by atoms with Gasteiger partial charge >= 0.3 is 0 Å². The third-order valence-corrected chi connectivity index (χ3v) is 4.42. The molecule has 2 rings (SSSR count). The van der Waals surface area contributed by atoms with E-state index in [2.05, 4.69) is 12.1 Å². The van der Waals surface area contributed by atoms with Crippen LogP contribution in [0, 0.1) is 11.8 Å². The molecule has 122 valence electrons. The van der Waals surface area contributed by atoms with Crippen LogP contribution >= 0.6 is 0 Å².